The van der Waals surface area contributed by atoms with Crippen LogP contribution in [0, 0.1) is 0 Å². The molecule has 0 aromatic heterocycles. The minimum Gasteiger partial charge on any atom is -0.497 e. The molecule has 0 heterocycles. The van der Waals surface area contributed by atoms with Gasteiger partial charge in [0, 0.05) is 16.8 Å². The highest BCUT2D eigenvalue weighted by molar-refractivity contribution is 6.39. The average molecular weight is 468 g/mol. The highest BCUT2D eigenvalue weighted by Crippen LogP contribution is 2.28. The molecular formula is C24H22ClN3O5. The molecule has 3 aromatic carbocycles. The van der Waals surface area contributed by atoms with Crippen LogP contribution in [-0.2, 0) is 16.2 Å². The van der Waals surface area contributed by atoms with Crippen molar-refractivity contribution in [1.29, 1.82) is 0 Å². The van der Waals surface area contributed by atoms with Gasteiger partial charge in [-0.05, 0) is 53.6 Å². The van der Waals surface area contributed by atoms with Crippen molar-refractivity contribution in [3.63, 3.8) is 0 Å². The van der Waals surface area contributed by atoms with Gasteiger partial charge in [0.1, 0.15) is 12.4 Å². The number of amides is 2. The van der Waals surface area contributed by atoms with E-state index in [0.29, 0.717) is 40.1 Å². The fraction of sp³-hybridized carbons (Fsp3) is 0.125. The monoisotopic (exact) mass is 467 g/mol. The number of anilines is 1. The standard InChI is InChI=1S/C24H22ClN3O5/c1-31-20-5-3-4-19(13-20)27-23(29)24(30)28-26-14-17-8-11-21(22(12-17)32-2)33-15-16-6-9-18(25)10-7-16/h3-14H,15H2,1-2H3,(H,27,29)(H,28,30)/b26-14+. The zero-order valence-corrected chi connectivity index (χ0v) is 18.8. The highest BCUT2D eigenvalue weighted by Gasteiger charge is 2.13. The lowest BCUT2D eigenvalue weighted by Crippen LogP contribution is -2.32. The molecule has 0 fully saturated rings. The quantitative estimate of drug-likeness (QED) is 0.296. The van der Waals surface area contributed by atoms with Crippen molar-refractivity contribution >= 4 is 35.3 Å². The molecule has 0 unspecified atom stereocenters. The Morgan fingerprint density at radius 3 is 2.45 bits per heavy atom. The Morgan fingerprint density at radius 1 is 0.939 bits per heavy atom. The molecule has 0 bridgehead atoms. The number of hydrazone groups is 1. The predicted octanol–water partition coefficient (Wildman–Crippen LogP) is 4.03. The molecule has 0 atom stereocenters. The van der Waals surface area contributed by atoms with Gasteiger partial charge in [-0.3, -0.25) is 9.59 Å². The van der Waals surface area contributed by atoms with Gasteiger partial charge in [-0.2, -0.15) is 5.10 Å². The lowest BCUT2D eigenvalue weighted by Gasteiger charge is -2.11. The van der Waals surface area contributed by atoms with Crippen LogP contribution in [0.15, 0.2) is 71.8 Å². The lowest BCUT2D eigenvalue weighted by atomic mass is 10.2. The molecule has 2 N–H and O–H groups in total. The summed E-state index contributed by atoms with van der Waals surface area (Å²) in [6, 6.07) is 19.2. The van der Waals surface area contributed by atoms with Crippen molar-refractivity contribution in [2.45, 2.75) is 6.61 Å². The SMILES string of the molecule is COc1cccc(NC(=O)C(=O)N/N=C/c2ccc(OCc3ccc(Cl)cc3)c(OC)c2)c1. The summed E-state index contributed by atoms with van der Waals surface area (Å²) in [4.78, 5) is 24.0. The minimum absolute atomic E-state index is 0.347. The Bertz CT molecular complexity index is 1150. The number of carbonyl (C=O) groups is 2. The molecule has 0 aliphatic carbocycles. The number of rotatable bonds is 8. The van der Waals surface area contributed by atoms with E-state index >= 15 is 0 Å². The van der Waals surface area contributed by atoms with Gasteiger partial charge in [-0.15, -0.1) is 0 Å². The van der Waals surface area contributed by atoms with Crippen molar-refractivity contribution in [2.24, 2.45) is 5.10 Å². The maximum atomic E-state index is 12.0. The molecule has 9 heteroatoms. The first kappa shape index (κ1) is 23.6. The number of carbonyl (C=O) groups excluding carboxylic acids is 2. The van der Waals surface area contributed by atoms with Gasteiger partial charge in [0.15, 0.2) is 11.5 Å². The molecular weight excluding hydrogens is 446 g/mol. The van der Waals surface area contributed by atoms with Gasteiger partial charge < -0.3 is 19.5 Å². The Labute approximate surface area is 196 Å². The first-order valence-corrected chi connectivity index (χ1v) is 10.2. The summed E-state index contributed by atoms with van der Waals surface area (Å²) < 4.78 is 16.3. The normalized spacial score (nSPS) is 10.5. The van der Waals surface area contributed by atoms with Crippen LogP contribution < -0.4 is 25.0 Å². The second-order valence-corrected chi connectivity index (χ2v) is 7.15. The van der Waals surface area contributed by atoms with E-state index in [1.54, 1.807) is 54.6 Å². The molecule has 0 radical (unpaired) electrons. The van der Waals surface area contributed by atoms with E-state index in [4.69, 9.17) is 25.8 Å². The van der Waals surface area contributed by atoms with E-state index in [-0.39, 0.29) is 0 Å². The van der Waals surface area contributed by atoms with E-state index in [2.05, 4.69) is 15.8 Å². The number of ether oxygens (including phenoxy) is 3. The summed E-state index contributed by atoms with van der Waals surface area (Å²) in [6.45, 7) is 0.347. The number of nitrogens with zero attached hydrogens (tertiary/aromatic N) is 1. The third kappa shape index (κ3) is 6.98. The fourth-order valence-corrected chi connectivity index (χ4v) is 2.86. The zero-order valence-electron chi connectivity index (χ0n) is 18.0. The van der Waals surface area contributed by atoms with E-state index in [9.17, 15) is 9.59 Å². The maximum absolute atomic E-state index is 12.0. The minimum atomic E-state index is -0.913. The predicted molar refractivity (Wildman–Crippen MR) is 126 cm³/mol. The molecule has 0 saturated carbocycles. The number of benzene rings is 3. The van der Waals surface area contributed by atoms with Crippen LogP contribution in [0.5, 0.6) is 17.2 Å². The topological polar surface area (TPSA) is 98.2 Å². The Balaban J connectivity index is 1.55. The first-order valence-electron chi connectivity index (χ1n) is 9.82. The van der Waals surface area contributed by atoms with Gasteiger partial charge in [-0.25, -0.2) is 5.43 Å². The van der Waals surface area contributed by atoms with Crippen LogP contribution in [0.3, 0.4) is 0 Å². The van der Waals surface area contributed by atoms with E-state index < -0.39 is 11.8 Å². The van der Waals surface area contributed by atoms with Gasteiger partial charge in [0.25, 0.3) is 0 Å². The van der Waals surface area contributed by atoms with Crippen molar-refractivity contribution < 1.29 is 23.8 Å². The maximum Gasteiger partial charge on any atom is 0.329 e. The number of hydrogen-bond acceptors (Lipinski definition) is 6. The molecule has 0 aliphatic rings. The lowest BCUT2D eigenvalue weighted by molar-refractivity contribution is -0.136. The summed E-state index contributed by atoms with van der Waals surface area (Å²) in [7, 11) is 3.03. The average Bonchev–Trinajstić information content (AvgIpc) is 2.84. The van der Waals surface area contributed by atoms with E-state index in [1.807, 2.05) is 12.1 Å². The summed E-state index contributed by atoms with van der Waals surface area (Å²) in [5.41, 5.74) is 4.21. The largest absolute Gasteiger partial charge is 0.497 e. The molecule has 170 valence electrons. The summed E-state index contributed by atoms with van der Waals surface area (Å²) >= 11 is 5.89. The number of halogens is 1. The van der Waals surface area contributed by atoms with Crippen molar-refractivity contribution in [1.82, 2.24) is 5.43 Å². The van der Waals surface area contributed by atoms with Crippen molar-refractivity contribution in [3.8, 4) is 17.2 Å². The summed E-state index contributed by atoms with van der Waals surface area (Å²) in [5.74, 6) is -0.171. The van der Waals surface area contributed by atoms with Crippen LogP contribution in [0.4, 0.5) is 5.69 Å². The number of methoxy groups -OCH3 is 2. The van der Waals surface area contributed by atoms with Gasteiger partial charge >= 0.3 is 11.8 Å². The smallest absolute Gasteiger partial charge is 0.329 e. The summed E-state index contributed by atoms with van der Waals surface area (Å²) in [6.07, 6.45) is 1.39. The zero-order chi connectivity index (χ0) is 23.6. The molecule has 0 aliphatic heterocycles. The molecule has 2 amide bonds. The Kier molecular flexibility index (Phi) is 8.26. The molecule has 0 spiro atoms. The highest BCUT2D eigenvalue weighted by atomic mass is 35.5. The van der Waals surface area contributed by atoms with E-state index in [1.165, 1.54) is 20.4 Å². The third-order valence-electron chi connectivity index (χ3n) is 4.41. The molecule has 8 nitrogen and oxygen atoms in total. The number of nitrogens with one attached hydrogen (secondary N) is 2. The fourth-order valence-electron chi connectivity index (χ4n) is 2.73. The summed E-state index contributed by atoms with van der Waals surface area (Å²) in [5, 5.41) is 6.96. The van der Waals surface area contributed by atoms with Crippen LogP contribution in [0.1, 0.15) is 11.1 Å². The molecule has 33 heavy (non-hydrogen) atoms. The van der Waals surface area contributed by atoms with Crippen molar-refractivity contribution in [3.05, 3.63) is 82.9 Å². The Hall–Kier alpha value is -4.04. The van der Waals surface area contributed by atoms with Crippen LogP contribution in [0.25, 0.3) is 0 Å². The van der Waals surface area contributed by atoms with Gasteiger partial charge in [-0.1, -0.05) is 29.8 Å². The van der Waals surface area contributed by atoms with Crippen LogP contribution in [-0.4, -0.2) is 32.2 Å². The van der Waals surface area contributed by atoms with Crippen LogP contribution >= 0.6 is 11.6 Å². The van der Waals surface area contributed by atoms with Gasteiger partial charge in [0.05, 0.1) is 20.4 Å². The molecule has 3 aromatic rings. The first-order chi connectivity index (χ1) is 16.0. The molecule has 0 saturated heterocycles. The van der Waals surface area contributed by atoms with Crippen molar-refractivity contribution in [2.75, 3.05) is 19.5 Å². The molecule has 3 rings (SSSR count). The van der Waals surface area contributed by atoms with Crippen LogP contribution in [0.2, 0.25) is 5.02 Å². The second kappa shape index (κ2) is 11.5. The third-order valence-corrected chi connectivity index (χ3v) is 4.66. The van der Waals surface area contributed by atoms with Gasteiger partial charge in [0.2, 0.25) is 0 Å². The van der Waals surface area contributed by atoms with E-state index in [0.717, 1.165) is 5.56 Å². The second-order valence-electron chi connectivity index (χ2n) is 6.71. The Morgan fingerprint density at radius 2 is 1.73 bits per heavy atom. The number of hydrogen-bond donors (Lipinski definition) is 2.